The molecule has 0 aliphatic carbocycles. The lowest BCUT2D eigenvalue weighted by Gasteiger charge is -2.16. The number of halogens is 1. The Hall–Kier alpha value is -0.360. The average Bonchev–Trinajstić information content (AvgIpc) is 2.75. The Morgan fingerprint density at radius 1 is 1.50 bits per heavy atom. The molecule has 0 bridgehead atoms. The van der Waals surface area contributed by atoms with Crippen LogP contribution in [0.5, 0.6) is 0 Å². The zero-order chi connectivity index (χ0) is 12.0. The third kappa shape index (κ3) is 2.05. The minimum Gasteiger partial charge on any atom is -0.463 e. The summed E-state index contributed by atoms with van der Waals surface area (Å²) in [4.78, 5) is 11.5. The molecular weight excluding hydrogens is 236 g/mol. The lowest BCUT2D eigenvalue weighted by molar-refractivity contribution is -0.147. The van der Waals surface area contributed by atoms with Crippen LogP contribution >= 0.6 is 11.6 Å². The lowest BCUT2D eigenvalue weighted by atomic mass is 10.2. The van der Waals surface area contributed by atoms with Gasteiger partial charge in [0.15, 0.2) is 5.79 Å². The maximum Gasteiger partial charge on any atom is 0.357 e. The molecule has 0 radical (unpaired) electrons. The van der Waals surface area contributed by atoms with Gasteiger partial charge in [0, 0.05) is 0 Å². The Labute approximate surface area is 98.9 Å². The van der Waals surface area contributed by atoms with Gasteiger partial charge in [0.25, 0.3) is 5.06 Å². The molecule has 5 nitrogen and oxygen atoms in total. The summed E-state index contributed by atoms with van der Waals surface area (Å²) in [5, 5.41) is -1.38. The molecule has 0 aromatic rings. The molecule has 3 unspecified atom stereocenters. The largest absolute Gasteiger partial charge is 0.463 e. The molecule has 2 fully saturated rings. The normalized spacial score (nSPS) is 40.8. The fourth-order valence-corrected chi connectivity index (χ4v) is 2.02. The van der Waals surface area contributed by atoms with Gasteiger partial charge in [-0.1, -0.05) is 11.6 Å². The third-order valence-electron chi connectivity index (χ3n) is 2.53. The van der Waals surface area contributed by atoms with Gasteiger partial charge in [0.1, 0.15) is 12.2 Å². The molecular formula is C10H15ClO5. The Balaban J connectivity index is 1.93. The highest BCUT2D eigenvalue weighted by molar-refractivity contribution is 6.35. The minimum atomic E-state index is -1.38. The lowest BCUT2D eigenvalue weighted by Crippen LogP contribution is -2.31. The zero-order valence-electron chi connectivity index (χ0n) is 9.49. The van der Waals surface area contributed by atoms with Crippen molar-refractivity contribution in [3.05, 3.63) is 0 Å². The first-order valence-corrected chi connectivity index (χ1v) is 5.62. The maximum atomic E-state index is 11.5. The molecule has 0 spiro atoms. The van der Waals surface area contributed by atoms with Crippen molar-refractivity contribution in [2.75, 3.05) is 13.2 Å². The number of alkyl halides is 1. The highest BCUT2D eigenvalue weighted by Crippen LogP contribution is 2.47. The Kier molecular flexibility index (Phi) is 2.90. The van der Waals surface area contributed by atoms with E-state index in [0.29, 0.717) is 6.61 Å². The van der Waals surface area contributed by atoms with Gasteiger partial charge in [0.05, 0.1) is 13.2 Å². The number of hydrogen-bond donors (Lipinski definition) is 0. The second kappa shape index (κ2) is 3.84. The predicted molar refractivity (Wildman–Crippen MR) is 55.0 cm³/mol. The molecule has 2 heterocycles. The SMILES string of the molecule is CCOC(=O)C1(Cl)OC1C1COC(C)(C)O1. The monoisotopic (exact) mass is 250 g/mol. The van der Waals surface area contributed by atoms with Gasteiger partial charge >= 0.3 is 5.97 Å². The molecule has 16 heavy (non-hydrogen) atoms. The molecule has 6 heteroatoms. The molecule has 2 aliphatic heterocycles. The van der Waals surface area contributed by atoms with Crippen molar-refractivity contribution in [1.29, 1.82) is 0 Å². The highest BCUT2D eigenvalue weighted by Gasteiger charge is 2.68. The number of hydrogen-bond acceptors (Lipinski definition) is 5. The van der Waals surface area contributed by atoms with Crippen molar-refractivity contribution in [3.8, 4) is 0 Å². The van der Waals surface area contributed by atoms with E-state index in [-0.39, 0.29) is 12.7 Å². The maximum absolute atomic E-state index is 11.5. The average molecular weight is 251 g/mol. The van der Waals surface area contributed by atoms with Crippen LogP contribution in [0, 0.1) is 0 Å². The molecule has 0 aromatic heterocycles. The van der Waals surface area contributed by atoms with Gasteiger partial charge in [-0.2, -0.15) is 0 Å². The Morgan fingerprint density at radius 2 is 2.19 bits per heavy atom. The van der Waals surface area contributed by atoms with Gasteiger partial charge in [-0.3, -0.25) is 0 Å². The van der Waals surface area contributed by atoms with E-state index in [0.717, 1.165) is 0 Å². The van der Waals surface area contributed by atoms with Crippen LogP contribution in [0.3, 0.4) is 0 Å². The summed E-state index contributed by atoms with van der Waals surface area (Å²) >= 11 is 5.98. The van der Waals surface area contributed by atoms with Crippen LogP contribution in [-0.4, -0.2) is 42.2 Å². The predicted octanol–water partition coefficient (Wildman–Crippen LogP) is 1.03. The molecule has 0 amide bonds. The van der Waals surface area contributed by atoms with Crippen molar-refractivity contribution >= 4 is 17.6 Å². The molecule has 2 saturated heterocycles. The number of epoxide rings is 1. The second-order valence-electron chi connectivity index (χ2n) is 4.27. The minimum absolute atomic E-state index is 0.275. The van der Waals surface area contributed by atoms with Gasteiger partial charge in [0.2, 0.25) is 0 Å². The van der Waals surface area contributed by atoms with Crippen LogP contribution in [0.15, 0.2) is 0 Å². The van der Waals surface area contributed by atoms with E-state index < -0.39 is 22.9 Å². The first-order valence-electron chi connectivity index (χ1n) is 5.25. The third-order valence-corrected chi connectivity index (χ3v) is 2.99. The van der Waals surface area contributed by atoms with E-state index in [2.05, 4.69) is 0 Å². The molecule has 2 aliphatic rings. The van der Waals surface area contributed by atoms with Crippen molar-refractivity contribution in [3.63, 3.8) is 0 Å². The molecule has 2 rings (SSSR count). The van der Waals surface area contributed by atoms with E-state index in [4.69, 9.17) is 30.5 Å². The topological polar surface area (TPSA) is 57.3 Å². The number of carbonyl (C=O) groups is 1. The standard InChI is InChI=1S/C10H15ClO5/c1-4-13-8(12)10(11)7(16-10)6-5-14-9(2,3)15-6/h6-7H,4-5H2,1-3H3. The van der Waals surface area contributed by atoms with E-state index in [1.54, 1.807) is 20.8 Å². The van der Waals surface area contributed by atoms with Gasteiger partial charge in [-0.15, -0.1) is 0 Å². The van der Waals surface area contributed by atoms with E-state index in [1.165, 1.54) is 0 Å². The van der Waals surface area contributed by atoms with Crippen molar-refractivity contribution in [1.82, 2.24) is 0 Å². The fourth-order valence-electron chi connectivity index (χ4n) is 1.72. The molecule has 0 N–H and O–H groups in total. The number of rotatable bonds is 3. The van der Waals surface area contributed by atoms with E-state index in [9.17, 15) is 4.79 Å². The molecule has 3 atom stereocenters. The second-order valence-corrected chi connectivity index (χ2v) is 4.83. The Bertz CT molecular complexity index is 306. The van der Waals surface area contributed by atoms with Gasteiger partial charge < -0.3 is 18.9 Å². The van der Waals surface area contributed by atoms with Crippen molar-refractivity contribution < 1.29 is 23.7 Å². The van der Waals surface area contributed by atoms with E-state index >= 15 is 0 Å². The summed E-state index contributed by atoms with van der Waals surface area (Å²) in [6, 6.07) is 0. The van der Waals surface area contributed by atoms with Crippen LogP contribution in [0.4, 0.5) is 0 Å². The number of carbonyl (C=O) groups excluding carboxylic acids is 1. The summed E-state index contributed by atoms with van der Waals surface area (Å²) in [5.41, 5.74) is 0. The van der Waals surface area contributed by atoms with Crippen LogP contribution in [-0.2, 0) is 23.7 Å². The summed E-state index contributed by atoms with van der Waals surface area (Å²) in [7, 11) is 0. The molecule has 92 valence electrons. The zero-order valence-corrected chi connectivity index (χ0v) is 10.2. The first kappa shape index (κ1) is 12.1. The fraction of sp³-hybridized carbons (Fsp3) is 0.900. The first-order chi connectivity index (χ1) is 7.39. The summed E-state index contributed by atoms with van der Waals surface area (Å²) in [6.07, 6.45) is -0.813. The number of esters is 1. The summed E-state index contributed by atoms with van der Waals surface area (Å²) in [6.45, 7) is 5.96. The van der Waals surface area contributed by atoms with Crippen LogP contribution < -0.4 is 0 Å². The van der Waals surface area contributed by atoms with Crippen molar-refractivity contribution in [2.24, 2.45) is 0 Å². The highest BCUT2D eigenvalue weighted by atomic mass is 35.5. The molecule has 0 aromatic carbocycles. The van der Waals surface area contributed by atoms with Crippen molar-refractivity contribution in [2.45, 2.75) is 43.8 Å². The summed E-state index contributed by atoms with van der Waals surface area (Å²) in [5.74, 6) is -1.21. The van der Waals surface area contributed by atoms with Crippen LogP contribution in [0.25, 0.3) is 0 Å². The van der Waals surface area contributed by atoms with Gasteiger partial charge in [-0.05, 0) is 20.8 Å². The van der Waals surface area contributed by atoms with Crippen LogP contribution in [0.1, 0.15) is 20.8 Å². The summed E-state index contributed by atoms with van der Waals surface area (Å²) < 4.78 is 20.9. The quantitative estimate of drug-likeness (QED) is 0.426. The number of ether oxygens (including phenoxy) is 4. The van der Waals surface area contributed by atoms with Gasteiger partial charge in [-0.25, -0.2) is 4.79 Å². The smallest absolute Gasteiger partial charge is 0.357 e. The van der Waals surface area contributed by atoms with Crippen LogP contribution in [0.2, 0.25) is 0 Å². The van der Waals surface area contributed by atoms with E-state index in [1.807, 2.05) is 0 Å². The molecule has 0 saturated carbocycles. The Morgan fingerprint density at radius 3 is 2.69 bits per heavy atom.